The molecule has 0 heterocycles. The highest BCUT2D eigenvalue weighted by atomic mass is 32.2. The van der Waals surface area contributed by atoms with Crippen molar-refractivity contribution in [2.24, 2.45) is 5.73 Å². The molecule has 128 valence electrons. The van der Waals surface area contributed by atoms with Crippen LogP contribution in [0.25, 0.3) is 0 Å². The average Bonchev–Trinajstić information content (AvgIpc) is 2.54. The minimum absolute atomic E-state index is 0.0443. The fraction of sp³-hybridized carbons (Fsp3) is 0.235. The van der Waals surface area contributed by atoms with E-state index in [0.717, 1.165) is 0 Å². The molecule has 0 radical (unpaired) electrons. The number of nitrogens with two attached hydrogens (primary N) is 1. The second-order valence-corrected chi connectivity index (χ2v) is 7.13. The minimum Gasteiger partial charge on any atom is -0.457 e. The van der Waals surface area contributed by atoms with Gasteiger partial charge in [0.25, 0.3) is 0 Å². The maximum Gasteiger partial charge on any atom is 0.240 e. The number of sulfonamides is 1. The Bertz CT molecular complexity index is 791. The van der Waals surface area contributed by atoms with Gasteiger partial charge in [-0.1, -0.05) is 30.3 Å². The predicted molar refractivity (Wildman–Crippen MR) is 92.4 cm³/mol. The molecular weight excluding hydrogens is 328 g/mol. The third kappa shape index (κ3) is 5.07. The lowest BCUT2D eigenvalue weighted by Gasteiger charge is -2.14. The number of hydrogen-bond acceptors (Lipinski definition) is 5. The van der Waals surface area contributed by atoms with Gasteiger partial charge in [-0.2, -0.15) is 0 Å². The van der Waals surface area contributed by atoms with Gasteiger partial charge in [0.1, 0.15) is 11.5 Å². The molecular formula is C17H20N2O4S. The van der Waals surface area contributed by atoms with Gasteiger partial charge < -0.3 is 10.5 Å². The SMILES string of the molecule is C[C@@H](C(=O)NS(=O)(=O)CCN)c1cccc(Oc2ccccc2)c1. The van der Waals surface area contributed by atoms with Gasteiger partial charge in [0.2, 0.25) is 15.9 Å². The zero-order valence-electron chi connectivity index (χ0n) is 13.3. The maximum absolute atomic E-state index is 12.1. The van der Waals surface area contributed by atoms with Crippen molar-refractivity contribution in [3.8, 4) is 11.5 Å². The maximum atomic E-state index is 12.1. The molecule has 0 aliphatic carbocycles. The Labute approximate surface area is 141 Å². The topological polar surface area (TPSA) is 98.5 Å². The van der Waals surface area contributed by atoms with E-state index in [1.165, 1.54) is 0 Å². The van der Waals surface area contributed by atoms with Gasteiger partial charge in [-0.25, -0.2) is 8.42 Å². The van der Waals surface area contributed by atoms with Crippen LogP contribution >= 0.6 is 0 Å². The second kappa shape index (κ2) is 7.94. The molecule has 0 aliphatic heterocycles. The van der Waals surface area contributed by atoms with Crippen molar-refractivity contribution in [1.82, 2.24) is 4.72 Å². The van der Waals surface area contributed by atoms with E-state index in [2.05, 4.69) is 0 Å². The number of carbonyl (C=O) groups excluding carboxylic acids is 1. The molecule has 0 aliphatic rings. The summed E-state index contributed by atoms with van der Waals surface area (Å²) < 4.78 is 31.1. The van der Waals surface area contributed by atoms with E-state index in [4.69, 9.17) is 10.5 Å². The van der Waals surface area contributed by atoms with Crippen molar-refractivity contribution in [2.75, 3.05) is 12.3 Å². The third-order valence-corrected chi connectivity index (χ3v) is 4.66. The summed E-state index contributed by atoms with van der Waals surface area (Å²) in [6.07, 6.45) is 0. The lowest BCUT2D eigenvalue weighted by atomic mass is 10.0. The summed E-state index contributed by atoms with van der Waals surface area (Å²) in [6, 6.07) is 16.2. The van der Waals surface area contributed by atoms with Crippen molar-refractivity contribution in [2.45, 2.75) is 12.8 Å². The molecule has 2 aromatic rings. The molecule has 6 nitrogen and oxygen atoms in total. The summed E-state index contributed by atoms with van der Waals surface area (Å²) in [6.45, 7) is 1.59. The van der Waals surface area contributed by atoms with Crippen molar-refractivity contribution >= 4 is 15.9 Å². The first-order valence-corrected chi connectivity index (χ1v) is 9.14. The van der Waals surface area contributed by atoms with E-state index >= 15 is 0 Å². The molecule has 0 spiro atoms. The molecule has 0 bridgehead atoms. The van der Waals surface area contributed by atoms with Crippen LogP contribution in [-0.4, -0.2) is 26.6 Å². The summed E-state index contributed by atoms with van der Waals surface area (Å²) in [5.74, 6) is -0.277. The van der Waals surface area contributed by atoms with E-state index in [0.29, 0.717) is 17.1 Å². The van der Waals surface area contributed by atoms with Crippen molar-refractivity contribution in [3.05, 3.63) is 60.2 Å². The molecule has 2 aromatic carbocycles. The number of rotatable bonds is 7. The average molecular weight is 348 g/mol. The van der Waals surface area contributed by atoms with Gasteiger partial charge >= 0.3 is 0 Å². The van der Waals surface area contributed by atoms with Crippen LogP contribution in [0, 0.1) is 0 Å². The van der Waals surface area contributed by atoms with Gasteiger partial charge in [0.15, 0.2) is 0 Å². The van der Waals surface area contributed by atoms with Crippen LogP contribution in [0.4, 0.5) is 0 Å². The van der Waals surface area contributed by atoms with E-state index in [1.807, 2.05) is 35.1 Å². The number of para-hydroxylation sites is 1. The molecule has 3 N–H and O–H groups in total. The lowest BCUT2D eigenvalue weighted by molar-refractivity contribution is -0.120. The normalized spacial score (nSPS) is 12.4. The zero-order valence-corrected chi connectivity index (χ0v) is 14.1. The van der Waals surface area contributed by atoms with Gasteiger partial charge in [-0.3, -0.25) is 9.52 Å². The number of ether oxygens (including phenoxy) is 1. The highest BCUT2D eigenvalue weighted by Gasteiger charge is 2.21. The van der Waals surface area contributed by atoms with Crippen LogP contribution in [0.2, 0.25) is 0 Å². The standard InChI is InChI=1S/C17H20N2O4S/c1-13(17(20)19-24(21,22)11-10-18)14-6-5-9-16(12-14)23-15-7-3-2-4-8-15/h2-9,12-13H,10-11,18H2,1H3,(H,19,20)/t13-/m1/s1. The van der Waals surface area contributed by atoms with Gasteiger partial charge in [-0.15, -0.1) is 0 Å². The number of carbonyl (C=O) groups is 1. The second-order valence-electron chi connectivity index (χ2n) is 5.28. The largest absolute Gasteiger partial charge is 0.457 e. The third-order valence-electron chi connectivity index (χ3n) is 3.37. The van der Waals surface area contributed by atoms with Crippen molar-refractivity contribution in [3.63, 3.8) is 0 Å². The Hall–Kier alpha value is -2.38. The molecule has 0 saturated carbocycles. The van der Waals surface area contributed by atoms with Crippen LogP contribution in [0.15, 0.2) is 54.6 Å². The predicted octanol–water partition coefficient (Wildman–Crippen LogP) is 1.99. The molecule has 2 rings (SSSR count). The monoisotopic (exact) mass is 348 g/mol. The van der Waals surface area contributed by atoms with E-state index in [1.54, 1.807) is 31.2 Å². The van der Waals surface area contributed by atoms with Crippen molar-refractivity contribution < 1.29 is 17.9 Å². The molecule has 0 unspecified atom stereocenters. The zero-order chi connectivity index (χ0) is 17.6. The number of benzene rings is 2. The number of hydrogen-bond donors (Lipinski definition) is 2. The minimum atomic E-state index is -3.70. The van der Waals surface area contributed by atoms with Gasteiger partial charge in [0, 0.05) is 6.54 Å². The lowest BCUT2D eigenvalue weighted by Crippen LogP contribution is -2.37. The fourth-order valence-electron chi connectivity index (χ4n) is 2.07. The number of amides is 1. The first-order valence-electron chi connectivity index (χ1n) is 7.48. The summed E-state index contributed by atoms with van der Waals surface area (Å²) in [5.41, 5.74) is 5.88. The Balaban J connectivity index is 2.11. The fourth-order valence-corrected chi connectivity index (χ4v) is 2.97. The summed E-state index contributed by atoms with van der Waals surface area (Å²) in [4.78, 5) is 12.1. The molecule has 1 atom stereocenters. The molecule has 24 heavy (non-hydrogen) atoms. The van der Waals surface area contributed by atoms with Gasteiger partial charge in [-0.05, 0) is 36.8 Å². The molecule has 7 heteroatoms. The molecule has 0 aromatic heterocycles. The summed E-state index contributed by atoms with van der Waals surface area (Å²) in [5, 5.41) is 0. The van der Waals surface area contributed by atoms with Crippen LogP contribution in [0.1, 0.15) is 18.4 Å². The summed E-state index contributed by atoms with van der Waals surface area (Å²) >= 11 is 0. The van der Waals surface area contributed by atoms with Gasteiger partial charge in [0.05, 0.1) is 11.7 Å². The van der Waals surface area contributed by atoms with Crippen molar-refractivity contribution in [1.29, 1.82) is 0 Å². The van der Waals surface area contributed by atoms with Crippen LogP contribution < -0.4 is 15.2 Å². The summed E-state index contributed by atoms with van der Waals surface area (Å²) in [7, 11) is -3.70. The molecule has 1 amide bonds. The first-order chi connectivity index (χ1) is 11.4. The Morgan fingerprint density at radius 2 is 1.79 bits per heavy atom. The number of nitrogens with one attached hydrogen (secondary N) is 1. The Morgan fingerprint density at radius 3 is 2.46 bits per heavy atom. The first kappa shape index (κ1) is 18.0. The molecule has 0 saturated heterocycles. The van der Waals surface area contributed by atoms with Crippen LogP contribution in [0.5, 0.6) is 11.5 Å². The van der Waals surface area contributed by atoms with E-state index in [9.17, 15) is 13.2 Å². The quantitative estimate of drug-likeness (QED) is 0.797. The molecule has 0 fully saturated rings. The highest BCUT2D eigenvalue weighted by molar-refractivity contribution is 7.90. The highest BCUT2D eigenvalue weighted by Crippen LogP contribution is 2.25. The van der Waals surface area contributed by atoms with E-state index in [-0.39, 0.29) is 12.3 Å². The van der Waals surface area contributed by atoms with Crippen LogP contribution in [0.3, 0.4) is 0 Å². The Kier molecular flexibility index (Phi) is 5.94. The van der Waals surface area contributed by atoms with Crippen LogP contribution in [-0.2, 0) is 14.8 Å². The van der Waals surface area contributed by atoms with E-state index < -0.39 is 21.8 Å². The Morgan fingerprint density at radius 1 is 1.12 bits per heavy atom. The smallest absolute Gasteiger partial charge is 0.240 e.